The summed E-state index contributed by atoms with van der Waals surface area (Å²) in [7, 11) is -1.76. The highest BCUT2D eigenvalue weighted by Crippen LogP contribution is 2.42. The average Bonchev–Trinajstić information content (AvgIpc) is 2.83. The number of hydrogen-bond acceptors (Lipinski definition) is 3. The molecule has 0 fully saturated rings. The second-order valence-electron chi connectivity index (χ2n) is 11.9. The molecule has 0 amide bonds. The fourth-order valence-corrected chi connectivity index (χ4v) is 5.97. The first-order chi connectivity index (χ1) is 14.6. The van der Waals surface area contributed by atoms with Gasteiger partial charge in [-0.1, -0.05) is 64.5 Å². The largest absolute Gasteiger partial charge is 0.462 e. The topological polar surface area (TPSA) is 35.5 Å². The number of ether oxygens (including phenoxy) is 1. The lowest BCUT2D eigenvalue weighted by atomic mass is 9.71. The summed E-state index contributed by atoms with van der Waals surface area (Å²) in [5.74, 6) is -0.186. The lowest BCUT2D eigenvalue weighted by molar-refractivity contribution is -0.147. The number of carbonyl (C=O) groups excluding carboxylic acids is 1. The van der Waals surface area contributed by atoms with Crippen LogP contribution in [0.1, 0.15) is 87.5 Å². The summed E-state index contributed by atoms with van der Waals surface area (Å²) < 4.78 is 12.2. The van der Waals surface area contributed by atoms with Crippen molar-refractivity contribution < 1.29 is 14.0 Å². The highest BCUT2D eigenvalue weighted by atomic mass is 28.4. The first-order valence-corrected chi connectivity index (χ1v) is 15.1. The maximum Gasteiger partial charge on any atom is 0.302 e. The van der Waals surface area contributed by atoms with Gasteiger partial charge in [-0.05, 0) is 79.8 Å². The lowest BCUT2D eigenvalue weighted by Gasteiger charge is -2.38. The fourth-order valence-electron chi connectivity index (χ4n) is 4.66. The second-order valence-corrected chi connectivity index (χ2v) is 16.7. The maximum atomic E-state index is 11.4. The third-order valence-corrected chi connectivity index (χ3v) is 12.0. The summed E-state index contributed by atoms with van der Waals surface area (Å²) >= 11 is 0. The van der Waals surface area contributed by atoms with E-state index in [-0.39, 0.29) is 28.6 Å². The normalized spacial score (nSPS) is 26.3. The van der Waals surface area contributed by atoms with Crippen LogP contribution >= 0.6 is 0 Å². The summed E-state index contributed by atoms with van der Waals surface area (Å²) in [6.07, 6.45) is 14.4. The maximum absolute atomic E-state index is 11.4. The quantitative estimate of drug-likeness (QED) is 0.309. The van der Waals surface area contributed by atoms with Crippen LogP contribution in [0.2, 0.25) is 18.1 Å². The van der Waals surface area contributed by atoms with Gasteiger partial charge in [-0.3, -0.25) is 4.79 Å². The lowest BCUT2D eigenvalue weighted by Crippen LogP contribution is -2.43. The zero-order chi connectivity index (χ0) is 24.3. The zero-order valence-electron chi connectivity index (χ0n) is 22.2. The van der Waals surface area contributed by atoms with E-state index in [2.05, 4.69) is 85.9 Å². The van der Waals surface area contributed by atoms with E-state index in [1.54, 1.807) is 0 Å². The molecule has 0 aromatic heterocycles. The Morgan fingerprint density at radius 3 is 2.44 bits per heavy atom. The molecule has 0 heterocycles. The molecule has 0 aromatic carbocycles. The van der Waals surface area contributed by atoms with Crippen LogP contribution in [-0.2, 0) is 14.0 Å². The van der Waals surface area contributed by atoms with Gasteiger partial charge in [-0.25, -0.2) is 0 Å². The summed E-state index contributed by atoms with van der Waals surface area (Å²) in [6.45, 7) is 22.0. The van der Waals surface area contributed by atoms with Crippen molar-refractivity contribution in [1.82, 2.24) is 0 Å². The third kappa shape index (κ3) is 7.05. The van der Waals surface area contributed by atoms with Gasteiger partial charge in [0.25, 0.3) is 0 Å². The molecule has 2 aliphatic carbocycles. The molecule has 2 atom stereocenters. The molecule has 32 heavy (non-hydrogen) atoms. The van der Waals surface area contributed by atoms with Crippen molar-refractivity contribution in [2.24, 2.45) is 5.41 Å². The number of rotatable bonds is 5. The Bertz CT molecular complexity index is 818. The molecular weight excluding hydrogens is 412 g/mol. The van der Waals surface area contributed by atoms with Crippen LogP contribution in [0.15, 0.2) is 46.6 Å². The molecule has 0 aromatic rings. The van der Waals surface area contributed by atoms with Gasteiger partial charge in [0.1, 0.15) is 6.10 Å². The van der Waals surface area contributed by atoms with Crippen LogP contribution in [-0.4, -0.2) is 26.5 Å². The summed E-state index contributed by atoms with van der Waals surface area (Å²) in [6, 6.07) is 0. The number of esters is 1. The molecular formula is C28H46O3Si. The van der Waals surface area contributed by atoms with E-state index in [9.17, 15) is 4.79 Å². The predicted octanol–water partition coefficient (Wildman–Crippen LogP) is 8.06. The molecule has 4 heteroatoms. The van der Waals surface area contributed by atoms with Gasteiger partial charge in [-0.2, -0.15) is 0 Å². The SMILES string of the molecule is CC(=O)OC1CC(C)=C(/C=C/C(C)=C2/C=CC(O[Si](C)(C)C(C)(C)C)CCC2)C(C)(C)C1. The van der Waals surface area contributed by atoms with E-state index in [0.29, 0.717) is 0 Å². The predicted molar refractivity (Wildman–Crippen MR) is 138 cm³/mol. The van der Waals surface area contributed by atoms with Gasteiger partial charge in [0.15, 0.2) is 8.32 Å². The van der Waals surface area contributed by atoms with Crippen molar-refractivity contribution in [2.45, 2.75) is 118 Å². The molecule has 0 radical (unpaired) electrons. The van der Waals surface area contributed by atoms with E-state index in [4.69, 9.17) is 9.16 Å². The van der Waals surface area contributed by atoms with Crippen molar-refractivity contribution in [3.05, 3.63) is 46.6 Å². The van der Waals surface area contributed by atoms with Gasteiger partial charge in [0.2, 0.25) is 0 Å². The van der Waals surface area contributed by atoms with Gasteiger partial charge < -0.3 is 9.16 Å². The number of hydrogen-bond donors (Lipinski definition) is 0. The number of allylic oxidation sites excluding steroid dienone is 6. The van der Waals surface area contributed by atoms with Gasteiger partial charge in [0, 0.05) is 13.3 Å². The van der Waals surface area contributed by atoms with Gasteiger partial charge in [0.05, 0.1) is 6.10 Å². The van der Waals surface area contributed by atoms with Crippen molar-refractivity contribution in [3.8, 4) is 0 Å². The Kier molecular flexibility index (Phi) is 8.61. The van der Waals surface area contributed by atoms with E-state index < -0.39 is 8.32 Å². The highest BCUT2D eigenvalue weighted by Gasteiger charge is 2.39. The van der Waals surface area contributed by atoms with Crippen LogP contribution < -0.4 is 0 Å². The molecule has 180 valence electrons. The molecule has 2 aliphatic rings. The molecule has 2 unspecified atom stereocenters. The first kappa shape index (κ1) is 26.9. The minimum Gasteiger partial charge on any atom is -0.462 e. The van der Waals surface area contributed by atoms with E-state index in [1.807, 2.05) is 0 Å². The monoisotopic (exact) mass is 458 g/mol. The van der Waals surface area contributed by atoms with E-state index in [1.165, 1.54) is 29.2 Å². The summed E-state index contributed by atoms with van der Waals surface area (Å²) in [5.41, 5.74) is 5.42. The smallest absolute Gasteiger partial charge is 0.302 e. The summed E-state index contributed by atoms with van der Waals surface area (Å²) in [4.78, 5) is 11.4. The molecule has 0 saturated carbocycles. The zero-order valence-corrected chi connectivity index (χ0v) is 23.2. The Morgan fingerprint density at radius 1 is 1.22 bits per heavy atom. The third-order valence-electron chi connectivity index (χ3n) is 7.50. The molecule has 2 rings (SSSR count). The van der Waals surface area contributed by atoms with Crippen LogP contribution in [0.3, 0.4) is 0 Å². The summed E-state index contributed by atoms with van der Waals surface area (Å²) in [5, 5.41) is 0.233. The molecule has 0 bridgehead atoms. The average molecular weight is 459 g/mol. The van der Waals surface area contributed by atoms with Crippen molar-refractivity contribution in [3.63, 3.8) is 0 Å². The number of carbonyl (C=O) groups is 1. The van der Waals surface area contributed by atoms with Crippen LogP contribution in [0.4, 0.5) is 0 Å². The fraction of sp³-hybridized carbons (Fsp3) is 0.679. The standard InChI is InChI=1S/C28H46O3Si/c1-20(14-17-26-21(2)18-25(30-22(3)29)19-28(26,7)8)23-12-11-13-24(16-15-23)31-32(9,10)27(4,5)6/h14-17,24-25H,11-13,18-19H2,1-10H3/b17-14+,23-20+. The van der Waals surface area contributed by atoms with Crippen molar-refractivity contribution >= 4 is 14.3 Å². The minimum atomic E-state index is -1.76. The highest BCUT2D eigenvalue weighted by molar-refractivity contribution is 6.74. The minimum absolute atomic E-state index is 0.00864. The van der Waals surface area contributed by atoms with Crippen molar-refractivity contribution in [1.29, 1.82) is 0 Å². The van der Waals surface area contributed by atoms with Crippen LogP contribution in [0.5, 0.6) is 0 Å². The molecule has 3 nitrogen and oxygen atoms in total. The Balaban J connectivity index is 2.17. The molecule has 0 N–H and O–H groups in total. The van der Waals surface area contributed by atoms with Gasteiger partial charge >= 0.3 is 5.97 Å². The molecule has 0 spiro atoms. The van der Waals surface area contributed by atoms with Crippen molar-refractivity contribution in [2.75, 3.05) is 0 Å². The Labute approximate surface area is 198 Å². The molecule has 0 saturated heterocycles. The van der Waals surface area contributed by atoms with Gasteiger partial charge in [-0.15, -0.1) is 0 Å². The second kappa shape index (κ2) is 10.3. The van der Waals surface area contributed by atoms with Crippen LogP contribution in [0.25, 0.3) is 0 Å². The van der Waals surface area contributed by atoms with E-state index >= 15 is 0 Å². The Hall–Kier alpha value is -1.39. The van der Waals surface area contributed by atoms with E-state index in [0.717, 1.165) is 32.1 Å². The van der Waals surface area contributed by atoms with Crippen LogP contribution in [0, 0.1) is 5.41 Å². The molecule has 0 aliphatic heterocycles. The first-order valence-electron chi connectivity index (χ1n) is 12.2. The Morgan fingerprint density at radius 2 is 1.88 bits per heavy atom.